The van der Waals surface area contributed by atoms with E-state index < -0.39 is 6.04 Å². The third-order valence-corrected chi connectivity index (χ3v) is 7.54. The zero-order valence-electron chi connectivity index (χ0n) is 21.6. The maximum atomic E-state index is 13.7. The summed E-state index contributed by atoms with van der Waals surface area (Å²) in [4.78, 5) is 33.7. The second kappa shape index (κ2) is 11.1. The summed E-state index contributed by atoms with van der Waals surface area (Å²) in [5.41, 5.74) is 5.88. The lowest BCUT2D eigenvalue weighted by Gasteiger charge is -2.37. The van der Waals surface area contributed by atoms with Crippen molar-refractivity contribution in [2.75, 3.05) is 5.32 Å². The Morgan fingerprint density at radius 3 is 2.39 bits per heavy atom. The normalized spacial score (nSPS) is 17.3. The fourth-order valence-electron chi connectivity index (χ4n) is 4.82. The van der Waals surface area contributed by atoms with Gasteiger partial charge in [0, 0.05) is 11.4 Å². The van der Waals surface area contributed by atoms with Crippen LogP contribution in [0.25, 0.3) is 0 Å². The Bertz CT molecular complexity index is 1450. The molecule has 0 spiro atoms. The van der Waals surface area contributed by atoms with Crippen LogP contribution in [-0.4, -0.2) is 21.9 Å². The first-order valence-corrected chi connectivity index (χ1v) is 13.5. The SMILES string of the molecule is CC1=C(C(=O)Nc2ccccc2)[C@@H](c2cccc(C)c2)N2C(CC(=O)N[C@@H](C)c3ccccc3)=CSC2=N1. The van der Waals surface area contributed by atoms with Gasteiger partial charge < -0.3 is 15.5 Å². The van der Waals surface area contributed by atoms with Crippen LogP contribution in [-0.2, 0) is 9.59 Å². The zero-order chi connectivity index (χ0) is 26.6. The molecule has 0 radical (unpaired) electrons. The average molecular weight is 523 g/mol. The third-order valence-electron chi connectivity index (χ3n) is 6.65. The summed E-state index contributed by atoms with van der Waals surface area (Å²) in [5.74, 6) is -0.291. The molecule has 0 saturated heterocycles. The van der Waals surface area contributed by atoms with E-state index >= 15 is 0 Å². The molecule has 5 rings (SSSR count). The molecule has 3 aromatic rings. The number of rotatable bonds is 7. The van der Waals surface area contributed by atoms with Crippen molar-refractivity contribution in [1.29, 1.82) is 0 Å². The molecule has 0 bridgehead atoms. The highest BCUT2D eigenvalue weighted by Crippen LogP contribution is 2.45. The van der Waals surface area contributed by atoms with E-state index in [-0.39, 0.29) is 24.3 Å². The van der Waals surface area contributed by atoms with Gasteiger partial charge in [0.2, 0.25) is 5.91 Å². The lowest BCUT2D eigenvalue weighted by atomic mass is 9.92. The maximum Gasteiger partial charge on any atom is 0.255 e. The number of amides is 2. The summed E-state index contributed by atoms with van der Waals surface area (Å²) in [6.07, 6.45) is 0.179. The lowest BCUT2D eigenvalue weighted by molar-refractivity contribution is -0.121. The van der Waals surface area contributed by atoms with Crippen molar-refractivity contribution in [2.24, 2.45) is 4.99 Å². The molecule has 0 unspecified atom stereocenters. The Morgan fingerprint density at radius 2 is 1.68 bits per heavy atom. The van der Waals surface area contributed by atoms with Crippen molar-refractivity contribution < 1.29 is 9.59 Å². The molecule has 7 heteroatoms. The summed E-state index contributed by atoms with van der Waals surface area (Å²) in [6.45, 7) is 5.89. The summed E-state index contributed by atoms with van der Waals surface area (Å²) >= 11 is 1.48. The highest BCUT2D eigenvalue weighted by atomic mass is 32.2. The van der Waals surface area contributed by atoms with Crippen LogP contribution in [0.1, 0.15) is 49.0 Å². The Kier molecular flexibility index (Phi) is 7.47. The molecular formula is C31H30N4O2S. The number of thioether (sulfide) groups is 1. The minimum atomic E-state index is -0.410. The molecule has 2 aliphatic heterocycles. The Morgan fingerprint density at radius 1 is 0.974 bits per heavy atom. The van der Waals surface area contributed by atoms with Gasteiger partial charge in [0.25, 0.3) is 5.91 Å². The van der Waals surface area contributed by atoms with Crippen LogP contribution in [0.15, 0.2) is 112 Å². The van der Waals surface area contributed by atoms with Crippen molar-refractivity contribution >= 4 is 34.4 Å². The van der Waals surface area contributed by atoms with E-state index in [0.717, 1.165) is 33.2 Å². The number of allylic oxidation sites excluding steroid dienone is 1. The van der Waals surface area contributed by atoms with Crippen LogP contribution in [0.2, 0.25) is 0 Å². The number of para-hydroxylation sites is 1. The van der Waals surface area contributed by atoms with Crippen molar-refractivity contribution in [2.45, 2.75) is 39.3 Å². The molecule has 192 valence electrons. The van der Waals surface area contributed by atoms with Gasteiger partial charge in [-0.1, -0.05) is 90.1 Å². The van der Waals surface area contributed by atoms with Gasteiger partial charge in [0.1, 0.15) is 0 Å². The van der Waals surface area contributed by atoms with Crippen molar-refractivity contribution in [3.05, 3.63) is 124 Å². The molecular weight excluding hydrogens is 492 g/mol. The van der Waals surface area contributed by atoms with E-state index in [1.807, 2.05) is 110 Å². The van der Waals surface area contributed by atoms with Gasteiger partial charge in [-0.2, -0.15) is 0 Å². The van der Waals surface area contributed by atoms with E-state index in [4.69, 9.17) is 4.99 Å². The van der Waals surface area contributed by atoms with Gasteiger partial charge in [0.15, 0.2) is 5.17 Å². The number of hydrogen-bond acceptors (Lipinski definition) is 5. The second-order valence-electron chi connectivity index (χ2n) is 9.50. The number of fused-ring (bicyclic) bond motifs is 1. The number of carbonyl (C=O) groups is 2. The van der Waals surface area contributed by atoms with Gasteiger partial charge in [-0.3, -0.25) is 9.59 Å². The molecule has 2 amide bonds. The molecule has 2 aliphatic rings. The van der Waals surface area contributed by atoms with E-state index in [2.05, 4.69) is 16.7 Å². The first kappa shape index (κ1) is 25.5. The van der Waals surface area contributed by atoms with E-state index in [9.17, 15) is 9.59 Å². The highest BCUT2D eigenvalue weighted by Gasteiger charge is 2.40. The number of anilines is 1. The Labute approximate surface area is 227 Å². The smallest absolute Gasteiger partial charge is 0.255 e. The van der Waals surface area contributed by atoms with Gasteiger partial charge in [-0.15, -0.1) is 0 Å². The fourth-order valence-corrected chi connectivity index (χ4v) is 5.78. The molecule has 2 N–H and O–H groups in total. The van der Waals surface area contributed by atoms with Crippen LogP contribution < -0.4 is 10.6 Å². The summed E-state index contributed by atoms with van der Waals surface area (Å²) in [6, 6.07) is 26.9. The molecule has 0 aromatic heterocycles. The number of aliphatic imine (C=N–C) groups is 1. The largest absolute Gasteiger partial charge is 0.349 e. The van der Waals surface area contributed by atoms with Gasteiger partial charge in [-0.05, 0) is 49.4 Å². The lowest BCUT2D eigenvalue weighted by Crippen LogP contribution is -2.39. The zero-order valence-corrected chi connectivity index (χ0v) is 22.5. The van der Waals surface area contributed by atoms with Gasteiger partial charge in [-0.25, -0.2) is 4.99 Å². The minimum absolute atomic E-state index is 0.0843. The monoisotopic (exact) mass is 522 g/mol. The molecule has 0 fully saturated rings. The summed E-state index contributed by atoms with van der Waals surface area (Å²) < 4.78 is 0. The third kappa shape index (κ3) is 5.43. The number of aryl methyl sites for hydroxylation is 1. The number of carbonyl (C=O) groups excluding carboxylic acids is 2. The van der Waals surface area contributed by atoms with E-state index in [0.29, 0.717) is 11.3 Å². The molecule has 0 aliphatic carbocycles. The van der Waals surface area contributed by atoms with Crippen LogP contribution in [0.4, 0.5) is 5.69 Å². The Hall–Kier alpha value is -4.10. The summed E-state index contributed by atoms with van der Waals surface area (Å²) in [5, 5.41) is 8.89. The first-order valence-electron chi connectivity index (χ1n) is 12.6. The molecule has 2 heterocycles. The van der Waals surface area contributed by atoms with Crippen LogP contribution in [0, 0.1) is 6.92 Å². The fraction of sp³-hybridized carbons (Fsp3) is 0.194. The molecule has 6 nitrogen and oxygen atoms in total. The number of amidine groups is 1. The predicted octanol–water partition coefficient (Wildman–Crippen LogP) is 6.48. The van der Waals surface area contributed by atoms with Crippen LogP contribution in [0.3, 0.4) is 0 Å². The minimum Gasteiger partial charge on any atom is -0.349 e. The van der Waals surface area contributed by atoms with Crippen molar-refractivity contribution in [1.82, 2.24) is 10.2 Å². The number of nitrogens with one attached hydrogen (secondary N) is 2. The van der Waals surface area contributed by atoms with E-state index in [1.54, 1.807) is 0 Å². The number of benzene rings is 3. The molecule has 2 atom stereocenters. The van der Waals surface area contributed by atoms with Gasteiger partial charge >= 0.3 is 0 Å². The quantitative estimate of drug-likeness (QED) is 0.373. The highest BCUT2D eigenvalue weighted by molar-refractivity contribution is 8.16. The molecule has 38 heavy (non-hydrogen) atoms. The Balaban J connectivity index is 1.44. The van der Waals surface area contributed by atoms with Gasteiger partial charge in [0.05, 0.1) is 29.8 Å². The topological polar surface area (TPSA) is 73.8 Å². The molecule has 3 aromatic carbocycles. The van der Waals surface area contributed by atoms with Crippen LogP contribution >= 0.6 is 11.8 Å². The van der Waals surface area contributed by atoms with Crippen molar-refractivity contribution in [3.63, 3.8) is 0 Å². The van der Waals surface area contributed by atoms with Crippen molar-refractivity contribution in [3.8, 4) is 0 Å². The predicted molar refractivity (Wildman–Crippen MR) is 154 cm³/mol. The number of nitrogens with zero attached hydrogens (tertiary/aromatic N) is 2. The standard InChI is InChI=1S/C31H30N4O2S/c1-20-11-10-14-24(17-20)29-28(30(37)34-25-15-8-5-9-16-25)22(3)33-31-35(29)26(19-38-31)18-27(36)32-21(2)23-12-6-4-7-13-23/h4-17,19,21,29H,18H2,1-3H3,(H,32,36)(H,34,37)/t21-,29+/m0/s1. The molecule has 0 saturated carbocycles. The van der Waals surface area contributed by atoms with Crippen LogP contribution in [0.5, 0.6) is 0 Å². The summed E-state index contributed by atoms with van der Waals surface area (Å²) in [7, 11) is 0. The number of hydrogen-bond donors (Lipinski definition) is 2. The van der Waals surface area contributed by atoms with E-state index in [1.165, 1.54) is 11.8 Å². The average Bonchev–Trinajstić information content (AvgIpc) is 3.30. The maximum absolute atomic E-state index is 13.7. The second-order valence-corrected chi connectivity index (χ2v) is 10.3. The first-order chi connectivity index (χ1) is 18.4.